The maximum atomic E-state index is 2.32. The quantitative estimate of drug-likeness (QED) is 0.386. The van der Waals surface area contributed by atoms with Crippen molar-refractivity contribution in [3.05, 3.63) is 24.3 Å². The smallest absolute Gasteiger partial charge is 0.0348 e. The lowest BCUT2D eigenvalue weighted by molar-refractivity contribution is 0.805. The summed E-state index contributed by atoms with van der Waals surface area (Å²) in [5, 5.41) is 0. The molecular weight excluding hydrogens is 144 g/mol. The summed E-state index contributed by atoms with van der Waals surface area (Å²) in [6, 6.07) is 0. The third-order valence-electron chi connectivity index (χ3n) is 1.87. The van der Waals surface area contributed by atoms with Crippen LogP contribution in [0.3, 0.4) is 0 Å². The van der Waals surface area contributed by atoms with E-state index in [1.165, 1.54) is 38.5 Å². The van der Waals surface area contributed by atoms with E-state index in [4.69, 9.17) is 0 Å². The Morgan fingerprint density at radius 3 is 2.00 bits per heavy atom. The van der Waals surface area contributed by atoms with Gasteiger partial charge in [0.1, 0.15) is 0 Å². The van der Waals surface area contributed by atoms with Gasteiger partial charge in [-0.05, 0) is 32.6 Å². The van der Waals surface area contributed by atoms with Crippen LogP contribution in [0.25, 0.3) is 0 Å². The minimum Gasteiger partial charge on any atom is -0.0917 e. The van der Waals surface area contributed by atoms with Crippen LogP contribution in [0, 0.1) is 0 Å². The highest BCUT2D eigenvalue weighted by Gasteiger charge is 1.80. The molecule has 0 aliphatic heterocycles. The van der Waals surface area contributed by atoms with E-state index in [9.17, 15) is 0 Å². The van der Waals surface area contributed by atoms with E-state index in [1.807, 2.05) is 0 Å². The number of allylic oxidation sites excluding steroid dienone is 4. The predicted octanol–water partition coefficient (Wildman–Crippen LogP) is 4.48. The van der Waals surface area contributed by atoms with Crippen LogP contribution in [0.2, 0.25) is 0 Å². The van der Waals surface area contributed by atoms with E-state index in [1.54, 1.807) is 0 Å². The normalized spacial score (nSPS) is 11.8. The molecule has 0 N–H and O–H groups in total. The molecule has 0 aromatic rings. The Kier molecular flexibility index (Phi) is 10.0. The molecule has 0 heterocycles. The summed E-state index contributed by atoms with van der Waals surface area (Å²) in [6.45, 7) is 4.32. The number of unbranched alkanes of at least 4 members (excludes halogenated alkanes) is 4. The Bertz CT molecular complexity index is 120. The average Bonchev–Trinajstić information content (AvgIpc) is 2.10. The van der Waals surface area contributed by atoms with Crippen molar-refractivity contribution in [1.82, 2.24) is 0 Å². The Labute approximate surface area is 77.4 Å². The van der Waals surface area contributed by atoms with Crippen LogP contribution >= 0.6 is 0 Å². The summed E-state index contributed by atoms with van der Waals surface area (Å²) in [6.07, 6.45) is 16.7. The molecule has 0 rings (SSSR count). The zero-order valence-corrected chi connectivity index (χ0v) is 8.55. The van der Waals surface area contributed by atoms with Crippen LogP contribution < -0.4 is 0 Å². The molecule has 0 aromatic heterocycles. The summed E-state index contributed by atoms with van der Waals surface area (Å²) in [7, 11) is 0. The first-order valence-corrected chi connectivity index (χ1v) is 5.18. The topological polar surface area (TPSA) is 0 Å². The van der Waals surface area contributed by atoms with E-state index >= 15 is 0 Å². The van der Waals surface area contributed by atoms with Crippen molar-refractivity contribution in [2.24, 2.45) is 0 Å². The number of hydrogen-bond acceptors (Lipinski definition) is 0. The number of hydrogen-bond donors (Lipinski definition) is 0. The molecule has 0 amide bonds. The van der Waals surface area contributed by atoms with Crippen molar-refractivity contribution < 1.29 is 0 Å². The van der Waals surface area contributed by atoms with Gasteiger partial charge < -0.3 is 0 Å². The second-order valence-electron chi connectivity index (χ2n) is 3.11. The van der Waals surface area contributed by atoms with Gasteiger partial charge in [-0.25, -0.2) is 0 Å². The molecule has 70 valence electrons. The van der Waals surface area contributed by atoms with E-state index in [2.05, 4.69) is 38.2 Å². The van der Waals surface area contributed by atoms with Gasteiger partial charge in [-0.1, -0.05) is 44.1 Å². The van der Waals surface area contributed by atoms with E-state index in [-0.39, 0.29) is 0 Å². The van der Waals surface area contributed by atoms with Crippen molar-refractivity contribution in [1.29, 1.82) is 0 Å². The van der Waals surface area contributed by atoms with Crippen molar-refractivity contribution >= 4 is 0 Å². The molecule has 0 saturated carbocycles. The van der Waals surface area contributed by atoms with Gasteiger partial charge in [0.25, 0.3) is 0 Å². The molecular formula is C12H22. The van der Waals surface area contributed by atoms with Gasteiger partial charge >= 0.3 is 0 Å². The van der Waals surface area contributed by atoms with Gasteiger partial charge in [0.15, 0.2) is 0 Å². The molecule has 0 spiro atoms. The van der Waals surface area contributed by atoms with E-state index in [0.717, 1.165) is 0 Å². The van der Waals surface area contributed by atoms with Crippen LogP contribution in [-0.2, 0) is 0 Å². The lowest BCUT2D eigenvalue weighted by Crippen LogP contribution is -1.70. The third kappa shape index (κ3) is 9.48. The number of rotatable bonds is 7. The van der Waals surface area contributed by atoms with E-state index in [0.29, 0.717) is 0 Å². The van der Waals surface area contributed by atoms with E-state index < -0.39 is 0 Å². The van der Waals surface area contributed by atoms with Gasteiger partial charge in [0.05, 0.1) is 0 Å². The van der Waals surface area contributed by atoms with Crippen LogP contribution in [0.15, 0.2) is 24.3 Å². The second-order valence-corrected chi connectivity index (χ2v) is 3.11. The SMILES string of the molecule is C/C=C/CCCC=CCCCC. The summed E-state index contributed by atoms with van der Waals surface area (Å²) < 4.78 is 0. The van der Waals surface area contributed by atoms with Crippen molar-refractivity contribution in [3.8, 4) is 0 Å². The van der Waals surface area contributed by atoms with Crippen molar-refractivity contribution in [2.75, 3.05) is 0 Å². The highest BCUT2D eigenvalue weighted by atomic mass is 13.9. The highest BCUT2D eigenvalue weighted by molar-refractivity contribution is 4.83. The molecule has 0 aliphatic carbocycles. The Morgan fingerprint density at radius 2 is 1.42 bits per heavy atom. The van der Waals surface area contributed by atoms with Crippen LogP contribution in [0.1, 0.15) is 52.4 Å². The lowest BCUT2D eigenvalue weighted by atomic mass is 10.2. The first-order chi connectivity index (χ1) is 5.91. The summed E-state index contributed by atoms with van der Waals surface area (Å²) >= 11 is 0. The molecule has 0 nitrogen and oxygen atoms in total. The first kappa shape index (κ1) is 11.5. The molecule has 0 unspecified atom stereocenters. The summed E-state index contributed by atoms with van der Waals surface area (Å²) in [5.41, 5.74) is 0. The Balaban J connectivity index is 3.02. The Hall–Kier alpha value is -0.520. The molecule has 0 aromatic carbocycles. The minimum atomic E-state index is 1.23. The second kappa shape index (κ2) is 10.5. The minimum absolute atomic E-state index is 1.23. The van der Waals surface area contributed by atoms with Gasteiger partial charge in [-0.3, -0.25) is 0 Å². The summed E-state index contributed by atoms with van der Waals surface area (Å²) in [5.74, 6) is 0. The maximum Gasteiger partial charge on any atom is -0.0348 e. The fourth-order valence-electron chi connectivity index (χ4n) is 1.08. The van der Waals surface area contributed by atoms with Crippen molar-refractivity contribution in [3.63, 3.8) is 0 Å². The maximum absolute atomic E-state index is 2.32. The standard InChI is InChI=1S/C12H22/c1-3-5-7-9-11-12-10-8-6-4-2/h3,5,10,12H,4,6-9,11H2,1-2H3/b5-3+,12-10?. The molecule has 0 bridgehead atoms. The molecule has 0 heteroatoms. The molecule has 12 heavy (non-hydrogen) atoms. The largest absolute Gasteiger partial charge is 0.0917 e. The van der Waals surface area contributed by atoms with Crippen LogP contribution in [0.4, 0.5) is 0 Å². The summed E-state index contributed by atoms with van der Waals surface area (Å²) in [4.78, 5) is 0. The monoisotopic (exact) mass is 166 g/mol. The van der Waals surface area contributed by atoms with Gasteiger partial charge in [0.2, 0.25) is 0 Å². The first-order valence-electron chi connectivity index (χ1n) is 5.18. The van der Waals surface area contributed by atoms with Gasteiger partial charge in [0, 0.05) is 0 Å². The zero-order valence-electron chi connectivity index (χ0n) is 8.55. The van der Waals surface area contributed by atoms with Crippen molar-refractivity contribution in [2.45, 2.75) is 52.4 Å². The molecule has 0 saturated heterocycles. The molecule has 0 fully saturated rings. The molecule has 0 radical (unpaired) electrons. The molecule has 0 atom stereocenters. The molecule has 0 aliphatic rings. The zero-order chi connectivity index (χ0) is 9.07. The van der Waals surface area contributed by atoms with Gasteiger partial charge in [-0.2, -0.15) is 0 Å². The fourth-order valence-corrected chi connectivity index (χ4v) is 1.08. The highest BCUT2D eigenvalue weighted by Crippen LogP contribution is 2.00. The van der Waals surface area contributed by atoms with Crippen LogP contribution in [-0.4, -0.2) is 0 Å². The van der Waals surface area contributed by atoms with Crippen LogP contribution in [0.5, 0.6) is 0 Å². The lowest BCUT2D eigenvalue weighted by Gasteiger charge is -1.90. The predicted molar refractivity (Wildman–Crippen MR) is 57.3 cm³/mol. The Morgan fingerprint density at radius 1 is 0.833 bits per heavy atom. The van der Waals surface area contributed by atoms with Gasteiger partial charge in [-0.15, -0.1) is 0 Å². The fraction of sp³-hybridized carbons (Fsp3) is 0.667. The third-order valence-corrected chi connectivity index (χ3v) is 1.87. The average molecular weight is 166 g/mol.